The molecule has 1 amide bonds. The van der Waals surface area contributed by atoms with Crippen LogP contribution in [0.4, 0.5) is 4.79 Å². The highest BCUT2D eigenvalue weighted by Crippen LogP contribution is 2.36. The summed E-state index contributed by atoms with van der Waals surface area (Å²) >= 11 is 3.85. The summed E-state index contributed by atoms with van der Waals surface area (Å²) in [6.07, 6.45) is 1.43. The Morgan fingerprint density at radius 1 is 1.32 bits per heavy atom. The fourth-order valence-corrected chi connectivity index (χ4v) is 3.05. The second-order valence-electron chi connectivity index (χ2n) is 6.69. The number of thiol groups is 1. The van der Waals surface area contributed by atoms with Gasteiger partial charge in [0.2, 0.25) is 0 Å². The van der Waals surface area contributed by atoms with E-state index in [1.165, 1.54) is 11.1 Å². The van der Waals surface area contributed by atoms with Gasteiger partial charge in [-0.25, -0.2) is 4.79 Å². The van der Waals surface area contributed by atoms with E-state index in [0.29, 0.717) is 12.8 Å². The molecule has 1 aliphatic carbocycles. The molecule has 0 bridgehead atoms. The first kappa shape index (κ1) is 16.9. The topological polar surface area (TPSA) is 55.4 Å². The van der Waals surface area contributed by atoms with Crippen molar-refractivity contribution in [1.82, 2.24) is 5.32 Å². The Bertz CT molecular complexity index is 565. The summed E-state index contributed by atoms with van der Waals surface area (Å²) < 4.78 is 5.34. The Balaban J connectivity index is 2.09. The minimum atomic E-state index is -0.522. The first-order valence-corrected chi connectivity index (χ1v) is 8.00. The van der Waals surface area contributed by atoms with Gasteiger partial charge in [0.1, 0.15) is 5.60 Å². The smallest absolute Gasteiger partial charge is 0.407 e. The van der Waals surface area contributed by atoms with Crippen molar-refractivity contribution < 1.29 is 14.3 Å². The van der Waals surface area contributed by atoms with Gasteiger partial charge in [0.05, 0.1) is 0 Å². The van der Waals surface area contributed by atoms with E-state index in [1.807, 2.05) is 32.9 Å². The standard InChI is InChI=1S/C17H23NO3S/c1-17(2,3)21-16(20)18-14-10-11-6-4-5-7-12(11)13(14)8-9-15(19)22/h4-7,13-14H,8-10H2,1-3H3,(H,18,20)(H,19,22)/t13-,14-/m1/s1. The van der Waals surface area contributed by atoms with Crippen LogP contribution in [-0.2, 0) is 16.0 Å². The molecule has 0 aromatic heterocycles. The second kappa shape index (κ2) is 6.73. The van der Waals surface area contributed by atoms with Crippen LogP contribution in [0.2, 0.25) is 0 Å². The average Bonchev–Trinajstić information content (AvgIpc) is 2.71. The van der Waals surface area contributed by atoms with E-state index in [2.05, 4.69) is 30.1 Å². The third-order valence-corrected chi connectivity index (χ3v) is 3.98. The number of carbonyl (C=O) groups is 2. The van der Waals surface area contributed by atoms with Crippen molar-refractivity contribution in [3.8, 4) is 0 Å². The Morgan fingerprint density at radius 2 is 2.00 bits per heavy atom. The lowest BCUT2D eigenvalue weighted by molar-refractivity contribution is -0.110. The van der Waals surface area contributed by atoms with Crippen molar-refractivity contribution in [3.05, 3.63) is 35.4 Å². The lowest BCUT2D eigenvalue weighted by Crippen LogP contribution is -2.41. The van der Waals surface area contributed by atoms with Crippen molar-refractivity contribution in [3.63, 3.8) is 0 Å². The number of carbonyl (C=O) groups excluding carboxylic acids is 2. The zero-order valence-electron chi connectivity index (χ0n) is 13.3. The molecule has 2 rings (SSSR count). The van der Waals surface area contributed by atoms with E-state index in [4.69, 9.17) is 4.74 Å². The third kappa shape index (κ3) is 4.50. The highest BCUT2D eigenvalue weighted by atomic mass is 32.1. The summed E-state index contributed by atoms with van der Waals surface area (Å²) in [7, 11) is 0. The van der Waals surface area contributed by atoms with Gasteiger partial charge in [-0.2, -0.15) is 0 Å². The molecule has 0 spiro atoms. The number of nitrogens with one attached hydrogen (secondary N) is 1. The van der Waals surface area contributed by atoms with Crippen molar-refractivity contribution in [2.45, 2.75) is 57.6 Å². The highest BCUT2D eigenvalue weighted by molar-refractivity contribution is 7.96. The van der Waals surface area contributed by atoms with Gasteiger partial charge in [0.15, 0.2) is 5.12 Å². The number of fused-ring (bicyclic) bond motifs is 1. The number of ether oxygens (including phenoxy) is 1. The zero-order chi connectivity index (χ0) is 16.3. The number of hydrogen-bond acceptors (Lipinski definition) is 3. The molecular formula is C17H23NO3S. The van der Waals surface area contributed by atoms with Crippen molar-refractivity contribution in [1.29, 1.82) is 0 Å². The van der Waals surface area contributed by atoms with E-state index in [0.717, 1.165) is 6.42 Å². The molecule has 0 unspecified atom stereocenters. The van der Waals surface area contributed by atoms with Gasteiger partial charge in [0.25, 0.3) is 0 Å². The van der Waals surface area contributed by atoms with E-state index < -0.39 is 11.7 Å². The highest BCUT2D eigenvalue weighted by Gasteiger charge is 2.34. The van der Waals surface area contributed by atoms with Crippen LogP contribution in [0.15, 0.2) is 24.3 Å². The molecule has 5 heteroatoms. The molecule has 0 aliphatic heterocycles. The molecule has 120 valence electrons. The van der Waals surface area contributed by atoms with Gasteiger partial charge >= 0.3 is 6.09 Å². The molecule has 0 fully saturated rings. The molecule has 0 heterocycles. The van der Waals surface area contributed by atoms with E-state index in [1.54, 1.807) is 0 Å². The summed E-state index contributed by atoms with van der Waals surface area (Å²) in [6, 6.07) is 8.08. The van der Waals surface area contributed by atoms with Crippen LogP contribution >= 0.6 is 12.6 Å². The summed E-state index contributed by atoms with van der Waals surface area (Å²) in [5.41, 5.74) is 1.91. The van der Waals surface area contributed by atoms with Crippen molar-refractivity contribution in [2.75, 3.05) is 0 Å². The first-order valence-electron chi connectivity index (χ1n) is 7.55. The van der Waals surface area contributed by atoms with Crippen LogP contribution in [0.3, 0.4) is 0 Å². The van der Waals surface area contributed by atoms with Gasteiger partial charge in [-0.1, -0.05) is 24.3 Å². The largest absolute Gasteiger partial charge is 0.444 e. The molecule has 22 heavy (non-hydrogen) atoms. The Labute approximate surface area is 137 Å². The summed E-state index contributed by atoms with van der Waals surface area (Å²) in [4.78, 5) is 23.2. The van der Waals surface area contributed by atoms with Gasteiger partial charge in [-0.15, -0.1) is 12.6 Å². The van der Waals surface area contributed by atoms with Crippen molar-refractivity contribution >= 4 is 23.8 Å². The van der Waals surface area contributed by atoms with E-state index in [9.17, 15) is 9.59 Å². The molecule has 2 atom stereocenters. The number of hydrogen-bond donors (Lipinski definition) is 2. The molecule has 1 N–H and O–H groups in total. The average molecular weight is 321 g/mol. The fraction of sp³-hybridized carbons (Fsp3) is 0.529. The SMILES string of the molecule is CC(C)(C)OC(=O)N[C@@H]1Cc2ccccc2[C@H]1CCC(=O)S. The maximum atomic E-state index is 12.0. The minimum Gasteiger partial charge on any atom is -0.444 e. The zero-order valence-corrected chi connectivity index (χ0v) is 14.2. The second-order valence-corrected chi connectivity index (χ2v) is 7.19. The Hall–Kier alpha value is -1.49. The Kier molecular flexibility index (Phi) is 5.16. The molecule has 0 saturated carbocycles. The minimum absolute atomic E-state index is 0.0417. The van der Waals surface area contributed by atoms with E-state index in [-0.39, 0.29) is 17.1 Å². The number of amides is 1. The maximum absolute atomic E-state index is 12.0. The van der Waals surface area contributed by atoms with Crippen LogP contribution in [0.1, 0.15) is 50.7 Å². The van der Waals surface area contributed by atoms with E-state index >= 15 is 0 Å². The molecule has 1 aliphatic rings. The third-order valence-electron chi connectivity index (χ3n) is 3.75. The maximum Gasteiger partial charge on any atom is 0.407 e. The molecule has 0 radical (unpaired) electrons. The first-order chi connectivity index (χ1) is 10.3. The summed E-state index contributed by atoms with van der Waals surface area (Å²) in [5, 5.41) is 2.83. The van der Waals surface area contributed by atoms with Crippen LogP contribution in [-0.4, -0.2) is 22.9 Å². The molecule has 1 aromatic rings. The van der Waals surface area contributed by atoms with Gasteiger partial charge in [-0.3, -0.25) is 4.79 Å². The lowest BCUT2D eigenvalue weighted by Gasteiger charge is -2.25. The predicted octanol–water partition coefficient (Wildman–Crippen LogP) is 3.46. The van der Waals surface area contributed by atoms with Crippen molar-refractivity contribution in [2.24, 2.45) is 0 Å². The van der Waals surface area contributed by atoms with Gasteiger partial charge in [-0.05, 0) is 44.7 Å². The number of benzene rings is 1. The monoisotopic (exact) mass is 321 g/mol. The molecule has 0 saturated heterocycles. The van der Waals surface area contributed by atoms with Crippen LogP contribution < -0.4 is 5.32 Å². The van der Waals surface area contributed by atoms with Crippen LogP contribution in [0.25, 0.3) is 0 Å². The van der Waals surface area contributed by atoms with Gasteiger partial charge < -0.3 is 10.1 Å². The Morgan fingerprint density at radius 3 is 2.64 bits per heavy atom. The lowest BCUT2D eigenvalue weighted by atomic mass is 9.93. The van der Waals surface area contributed by atoms with Crippen LogP contribution in [0.5, 0.6) is 0 Å². The fourth-order valence-electron chi connectivity index (χ4n) is 2.92. The normalized spacial score (nSPS) is 20.4. The predicted molar refractivity (Wildman–Crippen MR) is 89.3 cm³/mol. The number of rotatable bonds is 4. The van der Waals surface area contributed by atoms with Crippen LogP contribution in [0, 0.1) is 0 Å². The van der Waals surface area contributed by atoms with Gasteiger partial charge in [0, 0.05) is 18.4 Å². The molecule has 1 aromatic carbocycles. The summed E-state index contributed by atoms with van der Waals surface area (Å²) in [5.74, 6) is 0.125. The quantitative estimate of drug-likeness (QED) is 0.835. The molecular weight excluding hydrogens is 298 g/mol. The number of alkyl carbamates (subject to hydrolysis) is 1. The molecule has 4 nitrogen and oxygen atoms in total. The summed E-state index contributed by atoms with van der Waals surface area (Å²) in [6.45, 7) is 5.52.